The number of amides is 1. The number of benzene rings is 2. The summed E-state index contributed by atoms with van der Waals surface area (Å²) in [6, 6.07) is 13.1. The summed E-state index contributed by atoms with van der Waals surface area (Å²) in [6.45, 7) is 2.44. The van der Waals surface area contributed by atoms with Crippen molar-refractivity contribution in [1.82, 2.24) is 4.90 Å². The highest BCUT2D eigenvalue weighted by Gasteiger charge is 2.36. The number of rotatable bonds is 8. The molecule has 1 saturated heterocycles. The molecule has 1 fully saturated rings. The quantitative estimate of drug-likeness (QED) is 0.471. The van der Waals surface area contributed by atoms with Crippen LogP contribution in [0.5, 0.6) is 17.2 Å². The van der Waals surface area contributed by atoms with Gasteiger partial charge in [-0.1, -0.05) is 30.8 Å². The van der Waals surface area contributed by atoms with Crippen LogP contribution in [0, 0.1) is 0 Å². The van der Waals surface area contributed by atoms with Gasteiger partial charge in [0.15, 0.2) is 16.7 Å². The maximum Gasteiger partial charge on any atom is 0.242 e. The second-order valence-corrected chi connectivity index (χ2v) is 7.70. The van der Waals surface area contributed by atoms with Crippen LogP contribution in [0.3, 0.4) is 0 Å². The molecule has 2 aromatic carbocycles. The molecule has 1 amide bonds. The molecule has 1 aliphatic heterocycles. The fourth-order valence-electron chi connectivity index (χ4n) is 2.98. The Morgan fingerprint density at radius 3 is 2.40 bits per heavy atom. The third-order valence-electron chi connectivity index (χ3n) is 4.65. The topological polar surface area (TPSA) is 72.7 Å². The zero-order chi connectivity index (χ0) is 21.5. The molecule has 0 unspecified atom stereocenters. The van der Waals surface area contributed by atoms with Crippen molar-refractivity contribution in [2.75, 3.05) is 21.3 Å². The summed E-state index contributed by atoms with van der Waals surface area (Å²) in [6.07, 6.45) is 2.37. The van der Waals surface area contributed by atoms with E-state index in [4.69, 9.17) is 14.2 Å². The monoisotopic (exact) mass is 427 g/mol. The third-order valence-corrected chi connectivity index (χ3v) is 5.98. The number of carbonyl (C=O) groups is 1. The third kappa shape index (κ3) is 4.94. The fraction of sp³-hybridized carbons (Fsp3) is 0.318. The van der Waals surface area contributed by atoms with Crippen molar-refractivity contribution >= 4 is 29.1 Å². The van der Waals surface area contributed by atoms with Gasteiger partial charge in [-0.15, -0.1) is 5.10 Å². The Morgan fingerprint density at radius 2 is 1.77 bits per heavy atom. The average molecular weight is 428 g/mol. The van der Waals surface area contributed by atoms with Crippen LogP contribution in [0.15, 0.2) is 52.7 Å². The first-order valence-corrected chi connectivity index (χ1v) is 10.4. The maximum absolute atomic E-state index is 12.8. The van der Waals surface area contributed by atoms with E-state index in [1.807, 2.05) is 49.4 Å². The molecule has 7 nitrogen and oxygen atoms in total. The van der Waals surface area contributed by atoms with Crippen LogP contribution in [0.4, 0.5) is 0 Å². The highest BCUT2D eigenvalue weighted by Crippen LogP contribution is 2.31. The van der Waals surface area contributed by atoms with E-state index in [-0.39, 0.29) is 11.2 Å². The summed E-state index contributed by atoms with van der Waals surface area (Å²) in [5.41, 5.74) is 1.82. The van der Waals surface area contributed by atoms with Crippen LogP contribution < -0.4 is 14.2 Å². The van der Waals surface area contributed by atoms with E-state index in [0.29, 0.717) is 23.2 Å². The predicted molar refractivity (Wildman–Crippen MR) is 120 cm³/mol. The molecule has 8 heteroatoms. The van der Waals surface area contributed by atoms with Crippen molar-refractivity contribution in [3.05, 3.63) is 53.6 Å². The second-order valence-electron chi connectivity index (χ2n) is 6.53. The van der Waals surface area contributed by atoms with Crippen LogP contribution in [-0.2, 0) is 11.3 Å². The average Bonchev–Trinajstić information content (AvgIpc) is 3.08. The van der Waals surface area contributed by atoms with Crippen LogP contribution >= 0.6 is 11.8 Å². The first kappa shape index (κ1) is 21.7. The van der Waals surface area contributed by atoms with Crippen molar-refractivity contribution < 1.29 is 19.0 Å². The summed E-state index contributed by atoms with van der Waals surface area (Å²) in [5, 5.41) is 9.00. The van der Waals surface area contributed by atoms with Gasteiger partial charge in [-0.2, -0.15) is 5.10 Å². The van der Waals surface area contributed by atoms with E-state index < -0.39 is 0 Å². The lowest BCUT2D eigenvalue weighted by Gasteiger charge is -2.16. The van der Waals surface area contributed by atoms with Gasteiger partial charge in [-0.25, -0.2) is 0 Å². The van der Waals surface area contributed by atoms with E-state index in [0.717, 1.165) is 23.3 Å². The maximum atomic E-state index is 12.8. The Bertz CT molecular complexity index is 944. The van der Waals surface area contributed by atoms with Crippen molar-refractivity contribution in [1.29, 1.82) is 0 Å². The molecule has 0 N–H and O–H groups in total. The van der Waals surface area contributed by atoms with Gasteiger partial charge in [0, 0.05) is 0 Å². The van der Waals surface area contributed by atoms with Gasteiger partial charge in [-0.05, 0) is 47.9 Å². The highest BCUT2D eigenvalue weighted by atomic mass is 32.2. The van der Waals surface area contributed by atoms with E-state index >= 15 is 0 Å². The molecule has 1 aliphatic rings. The van der Waals surface area contributed by atoms with Gasteiger partial charge in [0.1, 0.15) is 5.75 Å². The molecule has 158 valence electrons. The molecule has 1 atom stereocenters. The Balaban J connectivity index is 1.79. The lowest BCUT2D eigenvalue weighted by atomic mass is 10.2. The Labute approximate surface area is 180 Å². The van der Waals surface area contributed by atoms with Crippen molar-refractivity contribution in [3.63, 3.8) is 0 Å². The molecule has 0 saturated carbocycles. The number of hydrogen-bond donors (Lipinski definition) is 0. The first-order valence-electron chi connectivity index (χ1n) is 9.53. The van der Waals surface area contributed by atoms with Crippen molar-refractivity contribution in [3.8, 4) is 17.2 Å². The first-order chi connectivity index (χ1) is 14.6. The normalized spacial score (nSPS) is 17.7. The van der Waals surface area contributed by atoms with Gasteiger partial charge in [0.05, 0.1) is 39.3 Å². The molecule has 1 heterocycles. The number of amidine groups is 1. The van der Waals surface area contributed by atoms with E-state index in [9.17, 15) is 4.79 Å². The number of carbonyl (C=O) groups excluding carboxylic acids is 1. The summed E-state index contributed by atoms with van der Waals surface area (Å²) in [4.78, 5) is 14.5. The number of ether oxygens (including phenoxy) is 3. The Hall–Kier alpha value is -3.00. The summed E-state index contributed by atoms with van der Waals surface area (Å²) in [5.74, 6) is 2.10. The minimum Gasteiger partial charge on any atom is -0.497 e. The number of methoxy groups -OCH3 is 3. The molecule has 3 rings (SSSR count). The predicted octanol–water partition coefficient (Wildman–Crippen LogP) is 3.96. The molecule has 0 bridgehead atoms. The summed E-state index contributed by atoms with van der Waals surface area (Å²) < 4.78 is 15.8. The van der Waals surface area contributed by atoms with E-state index in [2.05, 4.69) is 10.2 Å². The van der Waals surface area contributed by atoms with Crippen molar-refractivity contribution in [2.24, 2.45) is 10.2 Å². The summed E-state index contributed by atoms with van der Waals surface area (Å²) >= 11 is 1.45. The van der Waals surface area contributed by atoms with Crippen molar-refractivity contribution in [2.45, 2.75) is 25.1 Å². The molecule has 30 heavy (non-hydrogen) atoms. The van der Waals surface area contributed by atoms with Gasteiger partial charge < -0.3 is 14.2 Å². The van der Waals surface area contributed by atoms with Gasteiger partial charge in [0.2, 0.25) is 5.91 Å². The fourth-order valence-corrected chi connectivity index (χ4v) is 4.01. The van der Waals surface area contributed by atoms with Gasteiger partial charge in [-0.3, -0.25) is 9.69 Å². The van der Waals surface area contributed by atoms with Crippen LogP contribution in [0.1, 0.15) is 24.5 Å². The minimum absolute atomic E-state index is 0.0541. The zero-order valence-electron chi connectivity index (χ0n) is 17.5. The van der Waals surface area contributed by atoms with Crippen LogP contribution in [-0.4, -0.2) is 48.8 Å². The largest absolute Gasteiger partial charge is 0.497 e. The van der Waals surface area contributed by atoms with E-state index in [1.54, 1.807) is 32.4 Å². The smallest absolute Gasteiger partial charge is 0.242 e. The zero-order valence-corrected chi connectivity index (χ0v) is 18.3. The molecular weight excluding hydrogens is 402 g/mol. The molecule has 0 aromatic heterocycles. The number of thioether (sulfide) groups is 1. The highest BCUT2D eigenvalue weighted by molar-refractivity contribution is 8.15. The minimum atomic E-state index is -0.140. The molecule has 0 spiro atoms. The molecule has 2 aromatic rings. The van der Waals surface area contributed by atoms with Crippen LogP contribution in [0.25, 0.3) is 0 Å². The summed E-state index contributed by atoms with van der Waals surface area (Å²) in [7, 11) is 4.80. The molecule has 0 aliphatic carbocycles. The number of hydrogen-bond acceptors (Lipinski definition) is 7. The molecular formula is C22H25N3O4S. The van der Waals surface area contributed by atoms with Gasteiger partial charge in [0.25, 0.3) is 0 Å². The standard InChI is InChI=1S/C22H25N3O4S/c1-5-20-21(26)25(14-15-6-9-17(27-2)10-7-15)22(30-20)24-23-13-16-8-11-18(28-3)19(12-16)29-4/h6-13,20H,5,14H2,1-4H3/b23-13-,24-22-/t20-/m1/s1. The lowest BCUT2D eigenvalue weighted by Crippen LogP contribution is -2.31. The van der Waals surface area contributed by atoms with E-state index in [1.165, 1.54) is 11.8 Å². The second kappa shape index (κ2) is 10.2. The molecule has 0 radical (unpaired) electrons. The van der Waals surface area contributed by atoms with Crippen LogP contribution in [0.2, 0.25) is 0 Å². The Kier molecular flexibility index (Phi) is 7.35. The lowest BCUT2D eigenvalue weighted by molar-refractivity contribution is -0.126. The SMILES string of the molecule is CC[C@H]1S/C(=N\N=C/c2ccc(OC)c(OC)c2)N(Cc2ccc(OC)cc2)C1=O. The number of nitrogens with zero attached hydrogens (tertiary/aromatic N) is 3. The van der Waals surface area contributed by atoms with Gasteiger partial charge >= 0.3 is 0 Å². The Morgan fingerprint density at radius 1 is 1.03 bits per heavy atom.